The van der Waals surface area contributed by atoms with E-state index in [9.17, 15) is 14.4 Å². The third-order valence-corrected chi connectivity index (χ3v) is 12.6. The van der Waals surface area contributed by atoms with Crippen LogP contribution in [0.4, 0.5) is 0 Å². The molecule has 0 aromatic rings. The van der Waals surface area contributed by atoms with E-state index in [0.29, 0.717) is 19.3 Å². The molecule has 0 aliphatic carbocycles. The summed E-state index contributed by atoms with van der Waals surface area (Å²) in [6.07, 6.45) is 75.8. The first-order chi connectivity index (χ1) is 34.5. The minimum absolute atomic E-state index is 0.0982. The zero-order valence-electron chi connectivity index (χ0n) is 46.0. The van der Waals surface area contributed by atoms with Crippen molar-refractivity contribution in [1.82, 2.24) is 0 Å². The third-order valence-electron chi connectivity index (χ3n) is 12.6. The van der Waals surface area contributed by atoms with E-state index in [1.807, 2.05) is 0 Å². The normalized spacial score (nSPS) is 12.7. The standard InChI is InChI=1S/C64H110O6/c1-4-7-10-13-16-19-22-25-28-31-32-34-36-39-42-45-48-51-54-57-63(66)69-60-61(59-68-62(65)56-53-50-47-44-41-38-35-30-27-24-21-18-15-12-9-6-3)70-64(67)58-55-52-49-46-43-40-37-33-29-26-23-20-17-14-11-8-5-2/h8,11,16-17,19-20,25-26,28-29,37,40,46,49,61H,4-7,9-10,12-15,18,21-24,27,30-36,38-39,41-45,47-48,50-60H2,1-3H3/b11-8-,19-16-,20-17-,28-25-,29-26-,40-37-,49-46-/t61-/m1/s1. The quantitative estimate of drug-likeness (QED) is 0.0261. The molecule has 0 N–H and O–H groups in total. The fraction of sp³-hybridized carbons (Fsp3) is 0.734. The van der Waals surface area contributed by atoms with Crippen LogP contribution in [0.2, 0.25) is 0 Å². The SMILES string of the molecule is CC/C=C\C/C=C\C/C=C\C/C=C\C/C=C\CCCC(=O)O[C@@H](COC(=O)CCCCCCCCCCC/C=C\C/C=C\CCCCC)COC(=O)CCCCCCCCCCCCCCCCCC. The summed E-state index contributed by atoms with van der Waals surface area (Å²) in [5.74, 6) is -0.952. The molecular formula is C64H110O6. The van der Waals surface area contributed by atoms with Gasteiger partial charge in [-0.1, -0.05) is 260 Å². The van der Waals surface area contributed by atoms with E-state index in [2.05, 4.69) is 106 Å². The average Bonchev–Trinajstić information content (AvgIpc) is 3.36. The monoisotopic (exact) mass is 975 g/mol. The number of hydrogen-bond acceptors (Lipinski definition) is 6. The maximum absolute atomic E-state index is 12.8. The molecule has 0 radical (unpaired) electrons. The van der Waals surface area contributed by atoms with Crippen LogP contribution >= 0.6 is 0 Å². The van der Waals surface area contributed by atoms with E-state index < -0.39 is 6.10 Å². The lowest BCUT2D eigenvalue weighted by Crippen LogP contribution is -2.30. The Labute approximate surface area is 433 Å². The topological polar surface area (TPSA) is 78.9 Å². The summed E-state index contributed by atoms with van der Waals surface area (Å²) >= 11 is 0. The van der Waals surface area contributed by atoms with Gasteiger partial charge in [0.05, 0.1) is 0 Å². The van der Waals surface area contributed by atoms with Gasteiger partial charge in [0.2, 0.25) is 0 Å². The van der Waals surface area contributed by atoms with Gasteiger partial charge in [-0.2, -0.15) is 0 Å². The second kappa shape index (κ2) is 58.2. The van der Waals surface area contributed by atoms with Crippen molar-refractivity contribution in [3.63, 3.8) is 0 Å². The van der Waals surface area contributed by atoms with Gasteiger partial charge in [-0.25, -0.2) is 0 Å². The molecule has 0 rings (SSSR count). The van der Waals surface area contributed by atoms with E-state index in [-0.39, 0.29) is 37.5 Å². The smallest absolute Gasteiger partial charge is 0.306 e. The van der Waals surface area contributed by atoms with Gasteiger partial charge in [0, 0.05) is 19.3 Å². The molecule has 0 unspecified atom stereocenters. The van der Waals surface area contributed by atoms with Crippen LogP contribution in [0.1, 0.15) is 284 Å². The van der Waals surface area contributed by atoms with Crippen molar-refractivity contribution in [2.24, 2.45) is 0 Å². The van der Waals surface area contributed by atoms with Crippen LogP contribution in [0.15, 0.2) is 85.1 Å². The summed E-state index contributed by atoms with van der Waals surface area (Å²) < 4.78 is 16.8. The van der Waals surface area contributed by atoms with Gasteiger partial charge in [0.1, 0.15) is 13.2 Å². The highest BCUT2D eigenvalue weighted by atomic mass is 16.6. The molecule has 0 bridgehead atoms. The van der Waals surface area contributed by atoms with Gasteiger partial charge in [-0.05, 0) is 89.9 Å². The summed E-state index contributed by atoms with van der Waals surface area (Å²) in [6, 6.07) is 0. The minimum Gasteiger partial charge on any atom is -0.462 e. The minimum atomic E-state index is -0.807. The van der Waals surface area contributed by atoms with Gasteiger partial charge < -0.3 is 14.2 Å². The number of esters is 3. The van der Waals surface area contributed by atoms with E-state index in [1.165, 1.54) is 154 Å². The van der Waals surface area contributed by atoms with E-state index in [1.54, 1.807) is 0 Å². The Balaban J connectivity index is 4.45. The molecule has 0 fully saturated rings. The average molecular weight is 976 g/mol. The highest BCUT2D eigenvalue weighted by Crippen LogP contribution is 2.16. The summed E-state index contributed by atoms with van der Waals surface area (Å²) in [7, 11) is 0. The van der Waals surface area contributed by atoms with Crippen molar-refractivity contribution < 1.29 is 28.6 Å². The maximum Gasteiger partial charge on any atom is 0.306 e. The molecule has 0 saturated carbocycles. The van der Waals surface area contributed by atoms with Gasteiger partial charge in [0.25, 0.3) is 0 Å². The van der Waals surface area contributed by atoms with Crippen molar-refractivity contribution in [3.05, 3.63) is 85.1 Å². The lowest BCUT2D eigenvalue weighted by molar-refractivity contribution is -0.167. The van der Waals surface area contributed by atoms with Crippen molar-refractivity contribution in [2.75, 3.05) is 13.2 Å². The van der Waals surface area contributed by atoms with Crippen LogP contribution in [-0.4, -0.2) is 37.2 Å². The lowest BCUT2D eigenvalue weighted by atomic mass is 10.0. The molecule has 1 atom stereocenters. The van der Waals surface area contributed by atoms with Crippen LogP contribution < -0.4 is 0 Å². The van der Waals surface area contributed by atoms with Gasteiger partial charge in [-0.15, -0.1) is 0 Å². The number of hydrogen-bond donors (Lipinski definition) is 0. The molecule has 70 heavy (non-hydrogen) atoms. The Morgan fingerprint density at radius 1 is 0.300 bits per heavy atom. The fourth-order valence-electron chi connectivity index (χ4n) is 8.22. The molecule has 0 aromatic heterocycles. The summed E-state index contributed by atoms with van der Waals surface area (Å²) in [4.78, 5) is 38.2. The predicted octanol–water partition coefficient (Wildman–Crippen LogP) is 19.9. The highest BCUT2D eigenvalue weighted by molar-refractivity contribution is 5.71. The Morgan fingerprint density at radius 3 is 0.943 bits per heavy atom. The third kappa shape index (κ3) is 55.5. The fourth-order valence-corrected chi connectivity index (χ4v) is 8.22. The second-order valence-corrected chi connectivity index (χ2v) is 19.5. The van der Waals surface area contributed by atoms with Gasteiger partial charge >= 0.3 is 17.9 Å². The number of carbonyl (C=O) groups excluding carboxylic acids is 3. The molecule has 0 aliphatic rings. The first kappa shape index (κ1) is 66.6. The van der Waals surface area contributed by atoms with Crippen LogP contribution in [0, 0.1) is 0 Å². The molecule has 0 heterocycles. The molecular weight excluding hydrogens is 865 g/mol. The molecule has 0 spiro atoms. The number of unbranched alkanes of at least 4 members (excludes halogenated alkanes) is 28. The van der Waals surface area contributed by atoms with Crippen molar-refractivity contribution in [3.8, 4) is 0 Å². The van der Waals surface area contributed by atoms with Crippen LogP contribution in [-0.2, 0) is 28.6 Å². The summed E-state index contributed by atoms with van der Waals surface area (Å²) in [5, 5.41) is 0. The zero-order valence-corrected chi connectivity index (χ0v) is 46.0. The van der Waals surface area contributed by atoms with E-state index in [0.717, 1.165) is 83.5 Å². The first-order valence-electron chi connectivity index (χ1n) is 29.6. The number of ether oxygens (including phenoxy) is 3. The Hall–Kier alpha value is -3.41. The zero-order chi connectivity index (χ0) is 50.7. The molecule has 0 amide bonds. The van der Waals surface area contributed by atoms with Crippen LogP contribution in [0.5, 0.6) is 0 Å². The summed E-state index contributed by atoms with van der Waals surface area (Å²) in [5.41, 5.74) is 0. The van der Waals surface area contributed by atoms with Crippen LogP contribution in [0.3, 0.4) is 0 Å². The van der Waals surface area contributed by atoms with Crippen LogP contribution in [0.25, 0.3) is 0 Å². The van der Waals surface area contributed by atoms with Crippen molar-refractivity contribution in [2.45, 2.75) is 290 Å². The number of allylic oxidation sites excluding steroid dienone is 14. The molecule has 6 nitrogen and oxygen atoms in total. The van der Waals surface area contributed by atoms with Gasteiger partial charge in [-0.3, -0.25) is 14.4 Å². The van der Waals surface area contributed by atoms with E-state index in [4.69, 9.17) is 14.2 Å². The largest absolute Gasteiger partial charge is 0.462 e. The number of rotatable bonds is 53. The highest BCUT2D eigenvalue weighted by Gasteiger charge is 2.19. The predicted molar refractivity (Wildman–Crippen MR) is 302 cm³/mol. The van der Waals surface area contributed by atoms with Crippen molar-refractivity contribution >= 4 is 17.9 Å². The molecule has 0 saturated heterocycles. The second-order valence-electron chi connectivity index (χ2n) is 19.5. The Kier molecular flexibility index (Phi) is 55.3. The van der Waals surface area contributed by atoms with Gasteiger partial charge in [0.15, 0.2) is 6.10 Å². The number of carbonyl (C=O) groups is 3. The molecule has 0 aromatic carbocycles. The Morgan fingerprint density at radius 2 is 0.571 bits per heavy atom. The van der Waals surface area contributed by atoms with E-state index >= 15 is 0 Å². The molecule has 6 heteroatoms. The summed E-state index contributed by atoms with van der Waals surface area (Å²) in [6.45, 7) is 6.48. The Bertz CT molecular complexity index is 1350. The first-order valence-corrected chi connectivity index (χ1v) is 29.6. The van der Waals surface area contributed by atoms with Crippen molar-refractivity contribution in [1.29, 1.82) is 0 Å². The lowest BCUT2D eigenvalue weighted by Gasteiger charge is -2.18. The maximum atomic E-state index is 12.8. The molecule has 0 aliphatic heterocycles. The molecule has 402 valence electrons.